The molecule has 6 nitrogen and oxygen atoms in total. The summed E-state index contributed by atoms with van der Waals surface area (Å²) in [5, 5.41) is 0.822. The number of thiazole rings is 1. The van der Waals surface area contributed by atoms with Gasteiger partial charge < -0.3 is 4.90 Å². The molecule has 0 spiro atoms. The molecule has 0 saturated carbocycles. The lowest BCUT2D eigenvalue weighted by Gasteiger charge is -2.17. The van der Waals surface area contributed by atoms with Crippen molar-refractivity contribution in [3.05, 3.63) is 88.4 Å². The minimum Gasteiger partial charge on any atom is -0.335 e. The maximum absolute atomic E-state index is 13.0. The van der Waals surface area contributed by atoms with Gasteiger partial charge in [-0.15, -0.1) is 11.3 Å². The van der Waals surface area contributed by atoms with E-state index in [2.05, 4.69) is 9.71 Å². The van der Waals surface area contributed by atoms with Crippen molar-refractivity contribution in [2.45, 2.75) is 25.3 Å². The maximum atomic E-state index is 13.0. The summed E-state index contributed by atoms with van der Waals surface area (Å²) in [4.78, 5) is 19.2. The summed E-state index contributed by atoms with van der Waals surface area (Å²) in [6.45, 7) is 3.99. The molecule has 1 N–H and O–H groups in total. The number of nitrogens with zero attached hydrogens (tertiary/aromatic N) is 2. The minimum absolute atomic E-state index is 0.0808. The van der Waals surface area contributed by atoms with E-state index in [-0.39, 0.29) is 10.8 Å². The number of carbonyl (C=O) groups is 1. The van der Waals surface area contributed by atoms with Crippen LogP contribution in [0.15, 0.2) is 71.6 Å². The van der Waals surface area contributed by atoms with Gasteiger partial charge in [-0.3, -0.25) is 9.52 Å². The Bertz CT molecular complexity index is 1360. The molecule has 164 valence electrons. The van der Waals surface area contributed by atoms with Gasteiger partial charge in [0.05, 0.1) is 21.7 Å². The van der Waals surface area contributed by atoms with Crippen LogP contribution >= 0.6 is 11.3 Å². The number of fused-ring (bicyclic) bond motifs is 1. The largest absolute Gasteiger partial charge is 0.335 e. The summed E-state index contributed by atoms with van der Waals surface area (Å²) >= 11 is 1.54. The Balaban J connectivity index is 1.56. The van der Waals surface area contributed by atoms with Crippen molar-refractivity contribution in [3.63, 3.8) is 0 Å². The summed E-state index contributed by atoms with van der Waals surface area (Å²) in [6.07, 6.45) is 0. The predicted molar refractivity (Wildman–Crippen MR) is 129 cm³/mol. The fourth-order valence-electron chi connectivity index (χ4n) is 3.34. The molecule has 0 saturated heterocycles. The average molecular weight is 466 g/mol. The van der Waals surface area contributed by atoms with Crippen molar-refractivity contribution in [3.8, 4) is 0 Å². The van der Waals surface area contributed by atoms with E-state index in [1.54, 1.807) is 43.1 Å². The average Bonchev–Trinajstić information content (AvgIpc) is 3.17. The molecule has 0 unspecified atom stereocenters. The molecule has 1 heterocycles. The first kappa shape index (κ1) is 22.0. The van der Waals surface area contributed by atoms with Gasteiger partial charge in [0.15, 0.2) is 0 Å². The number of hydrogen-bond donors (Lipinski definition) is 1. The van der Waals surface area contributed by atoms with E-state index in [4.69, 9.17) is 0 Å². The van der Waals surface area contributed by atoms with Crippen LogP contribution in [0.25, 0.3) is 10.2 Å². The molecule has 8 heteroatoms. The van der Waals surface area contributed by atoms with Gasteiger partial charge in [0.2, 0.25) is 0 Å². The smallest absolute Gasteiger partial charge is 0.262 e. The summed E-state index contributed by atoms with van der Waals surface area (Å²) in [6, 6.07) is 19.7. The molecular weight excluding hydrogens is 442 g/mol. The molecule has 0 bridgehead atoms. The number of benzene rings is 3. The lowest BCUT2D eigenvalue weighted by atomic mass is 10.1. The Morgan fingerprint density at radius 2 is 1.75 bits per heavy atom. The van der Waals surface area contributed by atoms with E-state index in [1.165, 1.54) is 17.4 Å². The number of aryl methyl sites for hydroxylation is 2. The number of amides is 1. The molecular formula is C24H23N3O3S2. The van der Waals surface area contributed by atoms with Crippen LogP contribution in [0.5, 0.6) is 0 Å². The van der Waals surface area contributed by atoms with Crippen LogP contribution in [0.4, 0.5) is 5.69 Å². The number of sulfonamides is 1. The van der Waals surface area contributed by atoms with Gasteiger partial charge in [-0.25, -0.2) is 13.4 Å². The van der Waals surface area contributed by atoms with E-state index in [9.17, 15) is 13.2 Å². The predicted octanol–water partition coefficient (Wildman–Crippen LogP) is 4.99. The highest BCUT2D eigenvalue weighted by Gasteiger charge is 2.21. The molecule has 32 heavy (non-hydrogen) atoms. The first-order chi connectivity index (χ1) is 15.2. The molecule has 1 aromatic heterocycles. The third kappa shape index (κ3) is 4.66. The van der Waals surface area contributed by atoms with E-state index >= 15 is 0 Å². The number of hydrogen-bond acceptors (Lipinski definition) is 5. The van der Waals surface area contributed by atoms with E-state index in [1.807, 2.05) is 43.3 Å². The highest BCUT2D eigenvalue weighted by molar-refractivity contribution is 7.92. The van der Waals surface area contributed by atoms with Crippen molar-refractivity contribution < 1.29 is 13.2 Å². The lowest BCUT2D eigenvalue weighted by molar-refractivity contribution is 0.0785. The maximum Gasteiger partial charge on any atom is 0.262 e. The fraction of sp³-hybridized carbons (Fsp3) is 0.167. The molecule has 0 atom stereocenters. The molecule has 4 aromatic rings. The topological polar surface area (TPSA) is 79.4 Å². The monoisotopic (exact) mass is 465 g/mol. The van der Waals surface area contributed by atoms with Crippen LogP contribution in [0.1, 0.15) is 26.5 Å². The zero-order valence-electron chi connectivity index (χ0n) is 18.0. The molecule has 3 aromatic carbocycles. The van der Waals surface area contributed by atoms with Crippen LogP contribution < -0.4 is 4.72 Å². The highest BCUT2D eigenvalue weighted by Crippen LogP contribution is 2.24. The number of nitrogens with one attached hydrogen (secondary N) is 1. The van der Waals surface area contributed by atoms with Gasteiger partial charge in [0, 0.05) is 18.3 Å². The second-order valence-corrected chi connectivity index (χ2v) is 10.5. The second-order valence-electron chi connectivity index (χ2n) is 7.69. The summed E-state index contributed by atoms with van der Waals surface area (Å²) in [5.41, 5.74) is 3.28. The normalized spacial score (nSPS) is 11.5. The molecule has 1 amide bonds. The van der Waals surface area contributed by atoms with Crippen molar-refractivity contribution in [2.24, 2.45) is 0 Å². The number of para-hydroxylation sites is 1. The van der Waals surface area contributed by atoms with Crippen LogP contribution in [-0.2, 0) is 16.6 Å². The Labute approximate surface area is 191 Å². The van der Waals surface area contributed by atoms with Gasteiger partial charge >= 0.3 is 0 Å². The number of anilines is 1. The van der Waals surface area contributed by atoms with Crippen LogP contribution in [-0.4, -0.2) is 31.3 Å². The molecule has 0 fully saturated rings. The Morgan fingerprint density at radius 3 is 2.47 bits per heavy atom. The van der Waals surface area contributed by atoms with Crippen LogP contribution in [0.3, 0.4) is 0 Å². The molecule has 4 rings (SSSR count). The molecule has 0 aliphatic rings. The fourth-order valence-corrected chi connectivity index (χ4v) is 5.69. The standard InChI is InChI=1S/C24H23N3O3S2/c1-16-8-12-19(13-9-16)26-32(29,30)22-14-18(11-10-17(22)2)24(28)27(3)15-23-25-20-6-4-5-7-21(20)31-23/h4-14,26H,15H2,1-3H3. The summed E-state index contributed by atoms with van der Waals surface area (Å²) < 4.78 is 29.7. The number of aromatic nitrogens is 1. The Kier molecular flexibility index (Phi) is 5.99. The summed E-state index contributed by atoms with van der Waals surface area (Å²) in [7, 11) is -2.16. The van der Waals surface area contributed by atoms with Crippen LogP contribution in [0, 0.1) is 13.8 Å². The summed E-state index contributed by atoms with van der Waals surface area (Å²) in [5.74, 6) is -0.268. The first-order valence-corrected chi connectivity index (χ1v) is 12.3. The second kappa shape index (κ2) is 8.72. The third-order valence-electron chi connectivity index (χ3n) is 5.09. The van der Waals surface area contributed by atoms with Gasteiger partial charge in [-0.1, -0.05) is 35.9 Å². The Morgan fingerprint density at radius 1 is 1.03 bits per heavy atom. The van der Waals surface area contributed by atoms with Gasteiger partial charge in [-0.2, -0.15) is 0 Å². The van der Waals surface area contributed by atoms with Crippen molar-refractivity contribution in [1.82, 2.24) is 9.88 Å². The third-order valence-corrected chi connectivity index (χ3v) is 7.63. The van der Waals surface area contributed by atoms with E-state index < -0.39 is 10.0 Å². The Hall–Kier alpha value is -3.23. The molecule has 0 aliphatic carbocycles. The highest BCUT2D eigenvalue weighted by atomic mass is 32.2. The molecule has 0 aliphatic heterocycles. The first-order valence-electron chi connectivity index (χ1n) is 10.0. The van der Waals surface area contributed by atoms with Crippen molar-refractivity contribution in [2.75, 3.05) is 11.8 Å². The SMILES string of the molecule is Cc1ccc(NS(=O)(=O)c2cc(C(=O)N(C)Cc3nc4ccccc4s3)ccc2C)cc1. The van der Waals surface area contributed by atoms with E-state index in [0.717, 1.165) is 20.8 Å². The zero-order valence-corrected chi connectivity index (χ0v) is 19.6. The van der Waals surface area contributed by atoms with Crippen molar-refractivity contribution >= 4 is 43.2 Å². The van der Waals surface area contributed by atoms with Crippen molar-refractivity contribution in [1.29, 1.82) is 0 Å². The molecule has 0 radical (unpaired) electrons. The van der Waals surface area contributed by atoms with Gasteiger partial charge in [-0.05, 0) is 55.8 Å². The van der Waals surface area contributed by atoms with Gasteiger partial charge in [0.1, 0.15) is 5.01 Å². The van der Waals surface area contributed by atoms with E-state index in [0.29, 0.717) is 23.4 Å². The van der Waals surface area contributed by atoms with Crippen LogP contribution in [0.2, 0.25) is 0 Å². The number of rotatable bonds is 6. The quantitative estimate of drug-likeness (QED) is 0.435. The van der Waals surface area contributed by atoms with Gasteiger partial charge in [0.25, 0.3) is 15.9 Å². The minimum atomic E-state index is -3.85. The lowest BCUT2D eigenvalue weighted by Crippen LogP contribution is -2.26. The zero-order chi connectivity index (χ0) is 22.9. The number of carbonyl (C=O) groups excluding carboxylic acids is 1.